The van der Waals surface area contributed by atoms with Crippen LogP contribution in [0.2, 0.25) is 5.02 Å². The van der Waals surface area contributed by atoms with Crippen molar-refractivity contribution in [3.8, 4) is 0 Å². The van der Waals surface area contributed by atoms with Gasteiger partial charge in [-0.15, -0.1) is 11.3 Å². The lowest BCUT2D eigenvalue weighted by Gasteiger charge is -2.17. The minimum atomic E-state index is -0.0840. The fourth-order valence-corrected chi connectivity index (χ4v) is 4.22. The van der Waals surface area contributed by atoms with Crippen molar-refractivity contribution in [3.63, 3.8) is 0 Å². The summed E-state index contributed by atoms with van der Waals surface area (Å²) in [5, 5.41) is 5.61. The summed E-state index contributed by atoms with van der Waals surface area (Å²) >= 11 is 11.2. The minimum Gasteiger partial charge on any atom is -0.335 e. The summed E-state index contributed by atoms with van der Waals surface area (Å²) in [6.07, 6.45) is 1.72. The number of hydrogen-bond acceptors (Lipinski definition) is 3. The van der Waals surface area contributed by atoms with E-state index in [4.69, 9.17) is 11.6 Å². The van der Waals surface area contributed by atoms with E-state index in [0.29, 0.717) is 16.4 Å². The van der Waals surface area contributed by atoms with Crippen molar-refractivity contribution in [2.75, 3.05) is 7.05 Å². The van der Waals surface area contributed by atoms with Gasteiger partial charge in [0.15, 0.2) is 0 Å². The van der Waals surface area contributed by atoms with E-state index in [0.717, 1.165) is 20.3 Å². The fraction of sp³-hybridized carbons (Fsp3) is 0.200. The number of benzene rings is 1. The van der Waals surface area contributed by atoms with Gasteiger partial charge in [0.2, 0.25) is 0 Å². The number of hydrogen-bond donors (Lipinski definition) is 0. The molecule has 3 rings (SSSR count). The van der Waals surface area contributed by atoms with Crippen LogP contribution in [-0.4, -0.2) is 27.6 Å². The number of amides is 1. The summed E-state index contributed by atoms with van der Waals surface area (Å²) in [6, 6.07) is 7.77. The van der Waals surface area contributed by atoms with Crippen LogP contribution in [-0.2, 0) is 13.6 Å². The molecule has 114 valence electrons. The number of rotatable bonds is 3. The maximum absolute atomic E-state index is 12.7. The van der Waals surface area contributed by atoms with E-state index < -0.39 is 0 Å². The van der Waals surface area contributed by atoms with Crippen molar-refractivity contribution in [1.29, 1.82) is 0 Å². The number of aryl methyl sites for hydroxylation is 1. The molecule has 2 aromatic heterocycles. The quantitative estimate of drug-likeness (QED) is 0.659. The molecule has 0 bridgehead atoms. The number of thiophene rings is 1. The third kappa shape index (κ3) is 2.66. The molecule has 0 radical (unpaired) electrons. The molecule has 0 saturated heterocycles. The number of carbonyl (C=O) groups excluding carboxylic acids is 1. The molecular formula is C15H13BrClN3OS. The van der Waals surface area contributed by atoms with Gasteiger partial charge in [-0.05, 0) is 22.0 Å². The second-order valence-corrected chi connectivity index (χ2v) is 7.25. The van der Waals surface area contributed by atoms with Crippen molar-refractivity contribution in [1.82, 2.24) is 14.7 Å². The molecule has 0 atom stereocenters. The summed E-state index contributed by atoms with van der Waals surface area (Å²) in [7, 11) is 3.62. The first-order valence-corrected chi connectivity index (χ1v) is 8.56. The summed E-state index contributed by atoms with van der Waals surface area (Å²) in [4.78, 5) is 14.9. The van der Waals surface area contributed by atoms with Crippen LogP contribution in [0.5, 0.6) is 0 Å². The first-order chi connectivity index (χ1) is 10.5. The highest BCUT2D eigenvalue weighted by Gasteiger charge is 2.21. The van der Waals surface area contributed by atoms with Gasteiger partial charge in [-0.3, -0.25) is 9.48 Å². The molecule has 4 nitrogen and oxygen atoms in total. The Labute approximate surface area is 145 Å². The minimum absolute atomic E-state index is 0.0840. The van der Waals surface area contributed by atoms with Gasteiger partial charge in [0, 0.05) is 24.2 Å². The van der Waals surface area contributed by atoms with Gasteiger partial charge in [-0.25, -0.2) is 0 Å². The first kappa shape index (κ1) is 15.5. The van der Waals surface area contributed by atoms with Gasteiger partial charge in [-0.2, -0.15) is 5.10 Å². The van der Waals surface area contributed by atoms with Gasteiger partial charge in [0.05, 0.1) is 27.9 Å². The van der Waals surface area contributed by atoms with Gasteiger partial charge >= 0.3 is 0 Å². The summed E-state index contributed by atoms with van der Waals surface area (Å²) in [5.74, 6) is -0.0840. The van der Waals surface area contributed by atoms with Crippen molar-refractivity contribution in [3.05, 3.63) is 50.5 Å². The lowest BCUT2D eigenvalue weighted by Crippen LogP contribution is -2.26. The molecular weight excluding hydrogens is 386 g/mol. The average molecular weight is 399 g/mol. The van der Waals surface area contributed by atoms with Crippen LogP contribution in [0.1, 0.15) is 15.4 Å². The van der Waals surface area contributed by atoms with Crippen LogP contribution in [0.4, 0.5) is 0 Å². The molecule has 0 saturated carbocycles. The first-order valence-electron chi connectivity index (χ1n) is 6.58. The van der Waals surface area contributed by atoms with Gasteiger partial charge in [0.1, 0.15) is 4.88 Å². The van der Waals surface area contributed by atoms with Crippen LogP contribution in [0.3, 0.4) is 0 Å². The van der Waals surface area contributed by atoms with E-state index in [1.807, 2.05) is 31.3 Å². The van der Waals surface area contributed by atoms with Crippen LogP contribution in [0, 0.1) is 0 Å². The Bertz CT molecular complexity index is 838. The topological polar surface area (TPSA) is 38.1 Å². The molecule has 1 amide bonds. The Hall–Kier alpha value is -1.37. The maximum atomic E-state index is 12.7. The van der Waals surface area contributed by atoms with Crippen molar-refractivity contribution >= 4 is 54.9 Å². The molecule has 1 aromatic carbocycles. The molecule has 2 heterocycles. The smallest absolute Gasteiger partial charge is 0.265 e. The Balaban J connectivity index is 1.90. The van der Waals surface area contributed by atoms with E-state index >= 15 is 0 Å². The molecule has 0 aliphatic rings. The summed E-state index contributed by atoms with van der Waals surface area (Å²) in [5.41, 5.74) is 0.938. The lowest BCUT2D eigenvalue weighted by molar-refractivity contribution is 0.0786. The summed E-state index contributed by atoms with van der Waals surface area (Å²) in [6.45, 7) is 0.459. The van der Waals surface area contributed by atoms with E-state index in [-0.39, 0.29) is 5.91 Å². The fourth-order valence-electron chi connectivity index (χ4n) is 2.24. The molecule has 3 aromatic rings. The Kier molecular flexibility index (Phi) is 4.25. The highest BCUT2D eigenvalue weighted by molar-refractivity contribution is 9.10. The van der Waals surface area contributed by atoms with Crippen molar-refractivity contribution in [2.45, 2.75) is 6.54 Å². The molecule has 7 heteroatoms. The van der Waals surface area contributed by atoms with Crippen molar-refractivity contribution < 1.29 is 4.79 Å². The van der Waals surface area contributed by atoms with Crippen molar-refractivity contribution in [2.24, 2.45) is 7.05 Å². The standard InChI is InChI=1S/C15H13BrClN3OS/c1-19(8-11-10(16)7-18-20(11)2)15(21)14-13(17)9-5-3-4-6-12(9)22-14/h3-7H,8H2,1-2H3. The third-order valence-electron chi connectivity index (χ3n) is 3.47. The zero-order chi connectivity index (χ0) is 15.9. The largest absolute Gasteiger partial charge is 0.335 e. The van der Waals surface area contributed by atoms with Crippen LogP contribution in [0.15, 0.2) is 34.9 Å². The maximum Gasteiger partial charge on any atom is 0.265 e. The Morgan fingerprint density at radius 1 is 1.45 bits per heavy atom. The summed E-state index contributed by atoms with van der Waals surface area (Å²) < 4.78 is 3.66. The van der Waals surface area contributed by atoms with Crippen LogP contribution in [0.25, 0.3) is 10.1 Å². The number of aromatic nitrogens is 2. The SMILES string of the molecule is CN(Cc1c(Br)cnn1C)C(=O)c1sc2ccccc2c1Cl. The molecule has 0 spiro atoms. The number of carbonyl (C=O) groups is 1. The van der Waals surface area contributed by atoms with Crippen LogP contribution >= 0.6 is 38.9 Å². The van der Waals surface area contributed by atoms with E-state index in [1.54, 1.807) is 22.8 Å². The molecule has 0 aliphatic carbocycles. The normalized spacial score (nSPS) is 11.1. The van der Waals surface area contributed by atoms with Gasteiger partial charge in [-0.1, -0.05) is 29.8 Å². The highest BCUT2D eigenvalue weighted by atomic mass is 79.9. The molecule has 0 aliphatic heterocycles. The average Bonchev–Trinajstić information content (AvgIpc) is 3.01. The van der Waals surface area contributed by atoms with Gasteiger partial charge in [0.25, 0.3) is 5.91 Å². The number of halogens is 2. The lowest BCUT2D eigenvalue weighted by atomic mass is 10.2. The highest BCUT2D eigenvalue weighted by Crippen LogP contribution is 2.36. The predicted octanol–water partition coefficient (Wildman–Crippen LogP) is 4.32. The number of nitrogens with zero attached hydrogens (tertiary/aromatic N) is 3. The second kappa shape index (κ2) is 6.02. The zero-order valence-electron chi connectivity index (χ0n) is 12.0. The van der Waals surface area contributed by atoms with Gasteiger partial charge < -0.3 is 4.90 Å². The van der Waals surface area contributed by atoms with E-state index in [1.165, 1.54) is 11.3 Å². The van der Waals surface area contributed by atoms with E-state index in [2.05, 4.69) is 21.0 Å². The predicted molar refractivity (Wildman–Crippen MR) is 93.5 cm³/mol. The molecule has 0 unspecified atom stereocenters. The monoisotopic (exact) mass is 397 g/mol. The Morgan fingerprint density at radius 2 is 2.18 bits per heavy atom. The third-order valence-corrected chi connectivity index (χ3v) is 5.80. The van der Waals surface area contributed by atoms with Crippen LogP contribution < -0.4 is 0 Å². The Morgan fingerprint density at radius 3 is 2.82 bits per heavy atom. The molecule has 0 N–H and O–H groups in total. The zero-order valence-corrected chi connectivity index (χ0v) is 15.2. The number of fused-ring (bicyclic) bond motifs is 1. The van der Waals surface area contributed by atoms with E-state index in [9.17, 15) is 4.79 Å². The molecule has 0 fully saturated rings. The second-order valence-electron chi connectivity index (χ2n) is 4.97. The molecule has 22 heavy (non-hydrogen) atoms.